The number of nitrogens with one attached hydrogen (secondary N) is 1. The summed E-state index contributed by atoms with van der Waals surface area (Å²) in [5.74, 6) is -0.959. The van der Waals surface area contributed by atoms with Gasteiger partial charge in [0.15, 0.2) is 0 Å². The van der Waals surface area contributed by atoms with Gasteiger partial charge in [-0.2, -0.15) is 0 Å². The summed E-state index contributed by atoms with van der Waals surface area (Å²) in [5, 5.41) is 1.30. The molecule has 0 aliphatic carbocycles. The van der Waals surface area contributed by atoms with Crippen LogP contribution in [0.1, 0.15) is 33.1 Å². The standard InChI is InChI=1S/C28H27N3O5/c1-16-5-9-18(10-6-16)26(32)31-25-23(24(29-31)21-14-13-20(35-3)15-22(21)36-4)27(33)30(28(25)34)19-11-7-17(2)8-12-19/h5-15,23-25,29H,1-4H3/t23-,24-,25+/m0/s1. The number of imide groups is 1. The van der Waals surface area contributed by atoms with Crippen molar-refractivity contribution >= 4 is 23.4 Å². The highest BCUT2D eigenvalue weighted by Crippen LogP contribution is 2.45. The van der Waals surface area contributed by atoms with Crippen LogP contribution in [0.4, 0.5) is 5.69 Å². The lowest BCUT2D eigenvalue weighted by Gasteiger charge is -2.26. The number of carbonyl (C=O) groups excluding carboxylic acids is 3. The van der Waals surface area contributed by atoms with Crippen molar-refractivity contribution in [3.8, 4) is 11.5 Å². The summed E-state index contributed by atoms with van der Waals surface area (Å²) < 4.78 is 10.9. The monoisotopic (exact) mass is 485 g/mol. The first-order valence-electron chi connectivity index (χ1n) is 11.7. The molecule has 0 unspecified atom stereocenters. The zero-order valence-electron chi connectivity index (χ0n) is 20.5. The van der Waals surface area contributed by atoms with Crippen molar-refractivity contribution in [3.63, 3.8) is 0 Å². The van der Waals surface area contributed by atoms with Crippen LogP contribution in [0.5, 0.6) is 11.5 Å². The Bertz CT molecular complexity index is 1340. The Morgan fingerprint density at radius 2 is 1.47 bits per heavy atom. The number of carbonyl (C=O) groups is 3. The molecule has 8 nitrogen and oxygen atoms in total. The number of benzene rings is 3. The average molecular weight is 486 g/mol. The summed E-state index contributed by atoms with van der Waals surface area (Å²) >= 11 is 0. The molecule has 0 saturated carbocycles. The maximum Gasteiger partial charge on any atom is 0.268 e. The van der Waals surface area contributed by atoms with E-state index in [9.17, 15) is 14.4 Å². The highest BCUT2D eigenvalue weighted by molar-refractivity contribution is 6.25. The second kappa shape index (κ2) is 9.13. The third-order valence-electron chi connectivity index (χ3n) is 6.82. The van der Waals surface area contributed by atoms with Gasteiger partial charge in [-0.3, -0.25) is 19.4 Å². The van der Waals surface area contributed by atoms with Crippen LogP contribution in [-0.4, -0.2) is 43.0 Å². The molecule has 0 radical (unpaired) electrons. The van der Waals surface area contributed by atoms with Gasteiger partial charge < -0.3 is 9.47 Å². The summed E-state index contributed by atoms with van der Waals surface area (Å²) in [6, 6.07) is 17.9. The number of anilines is 1. The highest BCUT2D eigenvalue weighted by Gasteiger charge is 2.60. The average Bonchev–Trinajstić information content (AvgIpc) is 3.40. The Labute approximate surface area is 209 Å². The molecule has 2 aliphatic heterocycles. The van der Waals surface area contributed by atoms with Gasteiger partial charge in [-0.05, 0) is 50.2 Å². The molecule has 3 amide bonds. The highest BCUT2D eigenvalue weighted by atomic mass is 16.5. The SMILES string of the molecule is COc1ccc([C@@H]2NN(C(=O)c3ccc(C)cc3)[C@H]3C(=O)N(c4ccc(C)cc4)C(=O)[C@@H]23)c(OC)c1. The van der Waals surface area contributed by atoms with Gasteiger partial charge in [-0.1, -0.05) is 35.4 Å². The van der Waals surface area contributed by atoms with E-state index in [1.54, 1.807) is 49.6 Å². The Hall–Kier alpha value is -4.17. The minimum absolute atomic E-state index is 0.372. The van der Waals surface area contributed by atoms with Crippen LogP contribution in [0.2, 0.25) is 0 Å². The first-order valence-corrected chi connectivity index (χ1v) is 11.7. The van der Waals surface area contributed by atoms with E-state index in [0.29, 0.717) is 28.3 Å². The number of rotatable bonds is 5. The molecular weight excluding hydrogens is 458 g/mol. The van der Waals surface area contributed by atoms with Crippen LogP contribution in [0.15, 0.2) is 66.7 Å². The summed E-state index contributed by atoms with van der Waals surface area (Å²) in [7, 11) is 3.08. The minimum atomic E-state index is -1.01. The van der Waals surface area contributed by atoms with Gasteiger partial charge in [0.05, 0.1) is 31.9 Å². The third kappa shape index (κ3) is 3.79. The second-order valence-electron chi connectivity index (χ2n) is 9.07. The lowest BCUT2D eigenvalue weighted by molar-refractivity contribution is -0.123. The maximum atomic E-state index is 13.8. The fraction of sp³-hybridized carbons (Fsp3) is 0.250. The third-order valence-corrected chi connectivity index (χ3v) is 6.82. The van der Waals surface area contributed by atoms with Crippen molar-refractivity contribution in [1.82, 2.24) is 10.4 Å². The normalized spacial score (nSPS) is 21.1. The first-order chi connectivity index (χ1) is 17.3. The van der Waals surface area contributed by atoms with E-state index in [0.717, 1.165) is 11.1 Å². The largest absolute Gasteiger partial charge is 0.497 e. The summed E-state index contributed by atoms with van der Waals surface area (Å²) in [6.45, 7) is 3.87. The molecular formula is C28H27N3O5. The van der Waals surface area contributed by atoms with E-state index >= 15 is 0 Å². The van der Waals surface area contributed by atoms with Crippen LogP contribution < -0.4 is 19.8 Å². The van der Waals surface area contributed by atoms with Gasteiger partial charge in [-0.25, -0.2) is 10.3 Å². The lowest BCUT2D eigenvalue weighted by atomic mass is 9.90. The van der Waals surface area contributed by atoms with Crippen molar-refractivity contribution < 1.29 is 23.9 Å². The zero-order chi connectivity index (χ0) is 25.6. The van der Waals surface area contributed by atoms with Crippen LogP contribution >= 0.6 is 0 Å². The maximum absolute atomic E-state index is 13.8. The molecule has 36 heavy (non-hydrogen) atoms. The number of aryl methyl sites for hydroxylation is 2. The van der Waals surface area contributed by atoms with Crippen molar-refractivity contribution in [2.24, 2.45) is 5.92 Å². The fourth-order valence-corrected chi connectivity index (χ4v) is 4.89. The van der Waals surface area contributed by atoms with Gasteiger partial charge in [0, 0.05) is 17.2 Å². The van der Waals surface area contributed by atoms with Crippen molar-refractivity contribution in [2.45, 2.75) is 25.9 Å². The van der Waals surface area contributed by atoms with E-state index in [-0.39, 0.29) is 11.8 Å². The number of hydrazine groups is 1. The zero-order valence-corrected chi connectivity index (χ0v) is 20.5. The predicted octanol–water partition coefficient (Wildman–Crippen LogP) is 3.58. The quantitative estimate of drug-likeness (QED) is 0.556. The number of fused-ring (bicyclic) bond motifs is 1. The predicted molar refractivity (Wildman–Crippen MR) is 134 cm³/mol. The Kier molecular flexibility index (Phi) is 5.97. The molecule has 3 aromatic rings. The molecule has 1 N–H and O–H groups in total. The van der Waals surface area contributed by atoms with E-state index in [1.165, 1.54) is 17.0 Å². The first kappa shape index (κ1) is 23.6. The molecule has 0 spiro atoms. The van der Waals surface area contributed by atoms with Gasteiger partial charge in [0.1, 0.15) is 17.5 Å². The van der Waals surface area contributed by atoms with Crippen LogP contribution in [0, 0.1) is 19.8 Å². The number of hydrogen-bond acceptors (Lipinski definition) is 6. The topological polar surface area (TPSA) is 88.2 Å². The van der Waals surface area contributed by atoms with Gasteiger partial charge in [0.2, 0.25) is 5.91 Å². The molecule has 2 saturated heterocycles. The summed E-state index contributed by atoms with van der Waals surface area (Å²) in [5.41, 5.74) is 6.74. The van der Waals surface area contributed by atoms with Crippen molar-refractivity contribution in [2.75, 3.05) is 19.1 Å². The van der Waals surface area contributed by atoms with Gasteiger partial charge in [0.25, 0.3) is 11.8 Å². The molecule has 184 valence electrons. The van der Waals surface area contributed by atoms with E-state index in [4.69, 9.17) is 9.47 Å². The van der Waals surface area contributed by atoms with E-state index in [1.807, 2.05) is 38.1 Å². The minimum Gasteiger partial charge on any atom is -0.497 e. The molecule has 0 aromatic heterocycles. The van der Waals surface area contributed by atoms with Gasteiger partial charge in [-0.15, -0.1) is 0 Å². The summed E-state index contributed by atoms with van der Waals surface area (Å²) in [4.78, 5) is 42.3. The van der Waals surface area contributed by atoms with E-state index in [2.05, 4.69) is 5.43 Å². The number of hydrogen-bond donors (Lipinski definition) is 1. The Balaban J connectivity index is 1.60. The molecule has 2 aliphatic rings. The van der Waals surface area contributed by atoms with Crippen LogP contribution in [0.25, 0.3) is 0 Å². The number of methoxy groups -OCH3 is 2. The van der Waals surface area contributed by atoms with Crippen LogP contribution in [-0.2, 0) is 9.59 Å². The number of ether oxygens (including phenoxy) is 2. The smallest absolute Gasteiger partial charge is 0.268 e. The van der Waals surface area contributed by atoms with Gasteiger partial charge >= 0.3 is 0 Å². The molecule has 8 heteroatoms. The van der Waals surface area contributed by atoms with Crippen molar-refractivity contribution in [3.05, 3.63) is 89.0 Å². The lowest BCUT2D eigenvalue weighted by Crippen LogP contribution is -2.48. The second-order valence-corrected chi connectivity index (χ2v) is 9.07. The van der Waals surface area contributed by atoms with E-state index < -0.39 is 23.9 Å². The Morgan fingerprint density at radius 3 is 2.08 bits per heavy atom. The van der Waals surface area contributed by atoms with Crippen LogP contribution in [0.3, 0.4) is 0 Å². The number of amides is 3. The fourth-order valence-electron chi connectivity index (χ4n) is 4.89. The molecule has 2 heterocycles. The number of nitrogens with zero attached hydrogens (tertiary/aromatic N) is 2. The van der Waals surface area contributed by atoms with Crippen molar-refractivity contribution in [1.29, 1.82) is 0 Å². The summed E-state index contributed by atoms with van der Waals surface area (Å²) in [6.07, 6.45) is 0. The molecule has 3 aromatic carbocycles. The molecule has 2 fully saturated rings. The molecule has 5 rings (SSSR count). The molecule has 0 bridgehead atoms. The Morgan fingerprint density at radius 1 is 0.833 bits per heavy atom. The molecule has 3 atom stereocenters.